The molecule has 2 aliphatic rings. The smallest absolute Gasteiger partial charge is 0.138 e. The highest BCUT2D eigenvalue weighted by molar-refractivity contribution is 7.10. The van der Waals surface area contributed by atoms with Gasteiger partial charge in [-0.15, -0.1) is 5.10 Å². The van der Waals surface area contributed by atoms with Gasteiger partial charge >= 0.3 is 0 Å². The summed E-state index contributed by atoms with van der Waals surface area (Å²) in [5.41, 5.74) is 0.970. The summed E-state index contributed by atoms with van der Waals surface area (Å²) in [5.74, 6) is 0.930. The summed E-state index contributed by atoms with van der Waals surface area (Å²) in [6, 6.07) is 0.784. The molecule has 1 aliphatic carbocycles. The van der Waals surface area contributed by atoms with Crippen LogP contribution in [0.1, 0.15) is 37.8 Å². The van der Waals surface area contributed by atoms with Crippen molar-refractivity contribution in [1.82, 2.24) is 14.5 Å². The molecule has 1 saturated carbocycles. The molecule has 0 radical (unpaired) electrons. The van der Waals surface area contributed by atoms with Crippen molar-refractivity contribution in [3.05, 3.63) is 10.0 Å². The second kappa shape index (κ2) is 4.59. The number of halogens is 1. The molecule has 0 bridgehead atoms. The fourth-order valence-electron chi connectivity index (χ4n) is 3.18. The molecule has 3 rings (SSSR count). The Kier molecular flexibility index (Phi) is 3.14. The number of likely N-dealkylation sites (tertiary alicyclic amines) is 1. The van der Waals surface area contributed by atoms with E-state index >= 15 is 0 Å². The molecule has 5 heteroatoms. The van der Waals surface area contributed by atoms with Crippen molar-refractivity contribution in [2.24, 2.45) is 5.92 Å². The van der Waals surface area contributed by atoms with Crippen LogP contribution in [0.4, 0.5) is 0 Å². The van der Waals surface area contributed by atoms with Gasteiger partial charge in [0.15, 0.2) is 0 Å². The van der Waals surface area contributed by atoms with Gasteiger partial charge in [0.25, 0.3) is 0 Å². The molecule has 1 aromatic rings. The normalized spacial score (nSPS) is 30.6. The molecule has 2 atom stereocenters. The van der Waals surface area contributed by atoms with Crippen molar-refractivity contribution in [2.45, 2.75) is 44.7 Å². The van der Waals surface area contributed by atoms with E-state index in [1.54, 1.807) is 0 Å². The lowest BCUT2D eigenvalue weighted by molar-refractivity contribution is 0.174. The summed E-state index contributed by atoms with van der Waals surface area (Å²) < 4.78 is 4.66. The molecule has 1 aliphatic heterocycles. The Morgan fingerprint density at radius 3 is 3.00 bits per heavy atom. The quantitative estimate of drug-likeness (QED) is 0.816. The summed E-state index contributed by atoms with van der Waals surface area (Å²) in [5, 5.41) is 4.11. The molecule has 0 N–H and O–H groups in total. The maximum absolute atomic E-state index is 6.06. The lowest BCUT2D eigenvalue weighted by atomic mass is 9.85. The molecule has 3 nitrogen and oxygen atoms in total. The number of hydrogen-bond acceptors (Lipinski definition) is 4. The van der Waals surface area contributed by atoms with E-state index in [1.807, 2.05) is 0 Å². The Bertz CT molecular complexity index is 368. The van der Waals surface area contributed by atoms with Crippen LogP contribution in [0.25, 0.3) is 0 Å². The Morgan fingerprint density at radius 1 is 1.31 bits per heavy atom. The van der Waals surface area contributed by atoms with Crippen LogP contribution in [0.3, 0.4) is 0 Å². The van der Waals surface area contributed by atoms with Crippen LogP contribution in [0.2, 0.25) is 4.34 Å². The number of rotatable bonds is 2. The van der Waals surface area contributed by atoms with Crippen LogP contribution in [0, 0.1) is 5.92 Å². The van der Waals surface area contributed by atoms with E-state index in [1.165, 1.54) is 50.2 Å². The molecular formula is C11H16ClN3S. The second-order valence-corrected chi connectivity index (χ2v) is 6.22. The lowest BCUT2D eigenvalue weighted by Gasteiger charge is -2.31. The van der Waals surface area contributed by atoms with Crippen LogP contribution in [0.15, 0.2) is 0 Å². The third-order valence-corrected chi connectivity index (χ3v) is 4.97. The highest BCUT2D eigenvalue weighted by Crippen LogP contribution is 2.37. The third-order valence-electron chi connectivity index (χ3n) is 3.99. The summed E-state index contributed by atoms with van der Waals surface area (Å²) >= 11 is 7.36. The molecule has 88 valence electrons. The first kappa shape index (κ1) is 10.9. The highest BCUT2D eigenvalue weighted by Gasteiger charge is 2.35. The van der Waals surface area contributed by atoms with Crippen molar-refractivity contribution in [3.63, 3.8) is 0 Å². The molecule has 2 fully saturated rings. The minimum Gasteiger partial charge on any atom is -0.294 e. The van der Waals surface area contributed by atoms with E-state index in [-0.39, 0.29) is 0 Å². The van der Waals surface area contributed by atoms with Gasteiger partial charge in [-0.05, 0) is 31.7 Å². The number of nitrogens with zero attached hydrogens (tertiary/aromatic N) is 3. The predicted molar refractivity (Wildman–Crippen MR) is 65.7 cm³/mol. The average Bonchev–Trinajstić information content (AvgIpc) is 2.88. The molecule has 0 spiro atoms. The van der Waals surface area contributed by atoms with Gasteiger partial charge < -0.3 is 0 Å². The average molecular weight is 258 g/mol. The topological polar surface area (TPSA) is 29.0 Å². The van der Waals surface area contributed by atoms with Crippen LogP contribution >= 0.6 is 23.1 Å². The zero-order valence-electron chi connectivity index (χ0n) is 9.23. The first-order valence-electron chi connectivity index (χ1n) is 6.05. The first-order valence-corrected chi connectivity index (χ1v) is 7.20. The van der Waals surface area contributed by atoms with Gasteiger partial charge in [0.1, 0.15) is 10.0 Å². The molecule has 16 heavy (non-hydrogen) atoms. The Balaban J connectivity index is 1.69. The zero-order chi connectivity index (χ0) is 11.0. The van der Waals surface area contributed by atoms with Crippen molar-refractivity contribution in [1.29, 1.82) is 0 Å². The fraction of sp³-hybridized carbons (Fsp3) is 0.818. The van der Waals surface area contributed by atoms with E-state index in [0.29, 0.717) is 0 Å². The monoisotopic (exact) mass is 257 g/mol. The number of hydrogen-bond donors (Lipinski definition) is 0. The van der Waals surface area contributed by atoms with Gasteiger partial charge in [-0.2, -0.15) is 0 Å². The van der Waals surface area contributed by atoms with Crippen molar-refractivity contribution in [2.75, 3.05) is 6.54 Å². The molecule has 1 aromatic heterocycles. The predicted octanol–water partition coefficient (Wildman–Crippen LogP) is 2.96. The van der Waals surface area contributed by atoms with E-state index < -0.39 is 0 Å². The summed E-state index contributed by atoms with van der Waals surface area (Å²) in [7, 11) is 0. The fourth-order valence-corrected chi connectivity index (χ4v) is 3.79. The molecule has 2 heterocycles. The van der Waals surface area contributed by atoms with E-state index in [2.05, 4.69) is 14.5 Å². The third kappa shape index (κ3) is 1.98. The van der Waals surface area contributed by atoms with E-state index in [4.69, 9.17) is 11.6 Å². The van der Waals surface area contributed by atoms with Crippen LogP contribution < -0.4 is 0 Å². The summed E-state index contributed by atoms with van der Waals surface area (Å²) in [4.78, 5) is 2.56. The van der Waals surface area contributed by atoms with Gasteiger partial charge in [-0.25, -0.2) is 0 Å². The molecule has 0 aromatic carbocycles. The lowest BCUT2D eigenvalue weighted by Crippen LogP contribution is -2.34. The van der Waals surface area contributed by atoms with Crippen molar-refractivity contribution in [3.8, 4) is 0 Å². The van der Waals surface area contributed by atoms with Gasteiger partial charge in [-0.1, -0.05) is 28.9 Å². The van der Waals surface area contributed by atoms with E-state index in [9.17, 15) is 0 Å². The zero-order valence-corrected chi connectivity index (χ0v) is 10.8. The van der Waals surface area contributed by atoms with Crippen LogP contribution in [-0.2, 0) is 6.54 Å². The first-order chi connectivity index (χ1) is 7.84. The standard InChI is InChI=1S/C11H16ClN3S/c12-11-9(13-14-16-11)7-15-6-5-8-3-1-2-4-10(8)15/h8,10H,1-7H2. The Labute approximate surface area is 105 Å². The Morgan fingerprint density at radius 2 is 2.19 bits per heavy atom. The molecule has 2 unspecified atom stereocenters. The van der Waals surface area contributed by atoms with Gasteiger partial charge in [0, 0.05) is 24.1 Å². The van der Waals surface area contributed by atoms with E-state index in [0.717, 1.165) is 28.5 Å². The highest BCUT2D eigenvalue weighted by atomic mass is 35.5. The molecular weight excluding hydrogens is 242 g/mol. The maximum Gasteiger partial charge on any atom is 0.138 e. The number of fused-ring (bicyclic) bond motifs is 1. The summed E-state index contributed by atoms with van der Waals surface area (Å²) in [6.45, 7) is 2.11. The van der Waals surface area contributed by atoms with Crippen molar-refractivity contribution >= 4 is 23.1 Å². The number of aromatic nitrogens is 2. The SMILES string of the molecule is Clc1snnc1CN1CCC2CCCCC21. The largest absolute Gasteiger partial charge is 0.294 e. The van der Waals surface area contributed by atoms with Gasteiger partial charge in [0.2, 0.25) is 0 Å². The van der Waals surface area contributed by atoms with Crippen LogP contribution in [0.5, 0.6) is 0 Å². The summed E-state index contributed by atoms with van der Waals surface area (Å²) in [6.07, 6.45) is 6.96. The van der Waals surface area contributed by atoms with Crippen molar-refractivity contribution < 1.29 is 0 Å². The molecule has 1 saturated heterocycles. The minimum absolute atomic E-state index is 0.763. The second-order valence-electron chi connectivity index (χ2n) is 4.86. The minimum atomic E-state index is 0.763. The van der Waals surface area contributed by atoms with Gasteiger partial charge in [0.05, 0.1) is 0 Å². The van der Waals surface area contributed by atoms with Gasteiger partial charge in [-0.3, -0.25) is 4.90 Å². The maximum atomic E-state index is 6.06. The van der Waals surface area contributed by atoms with Crippen LogP contribution in [-0.4, -0.2) is 27.1 Å². The Hall–Kier alpha value is -0.190. The molecule has 0 amide bonds.